The Morgan fingerprint density at radius 3 is 2.91 bits per heavy atom. The summed E-state index contributed by atoms with van der Waals surface area (Å²) in [4.78, 5) is 16.2. The molecule has 0 amide bonds. The Kier molecular flexibility index (Phi) is 8.13. The van der Waals surface area contributed by atoms with Gasteiger partial charge in [-0.15, -0.1) is 0 Å². The first-order chi connectivity index (χ1) is 10.4. The van der Waals surface area contributed by atoms with Gasteiger partial charge >= 0.3 is 0 Å². The summed E-state index contributed by atoms with van der Waals surface area (Å²) >= 11 is 1.63. The summed E-state index contributed by atoms with van der Waals surface area (Å²) in [6.45, 7) is 1.19. The molecule has 1 unspecified atom stereocenters. The Morgan fingerprint density at radius 1 is 1.59 bits per heavy atom. The van der Waals surface area contributed by atoms with E-state index < -0.39 is 15.7 Å². The maximum Gasteiger partial charge on any atom is 0.274 e. The highest BCUT2D eigenvalue weighted by Gasteiger charge is 2.16. The van der Waals surface area contributed by atoms with Gasteiger partial charge in [-0.25, -0.2) is 9.20 Å². The fourth-order valence-corrected chi connectivity index (χ4v) is 3.56. The number of hydrogen-bond acceptors (Lipinski definition) is 8. The molecule has 0 aromatic carbocycles. The summed E-state index contributed by atoms with van der Waals surface area (Å²) in [5.41, 5.74) is 0.829. The number of rotatable bonds is 10. The van der Waals surface area contributed by atoms with E-state index in [2.05, 4.69) is 15.6 Å². The molecule has 124 valence electrons. The first-order valence-corrected chi connectivity index (χ1v) is 8.97. The van der Waals surface area contributed by atoms with Gasteiger partial charge in [0.1, 0.15) is 5.04 Å². The molecule has 1 aliphatic rings. The van der Waals surface area contributed by atoms with Gasteiger partial charge in [0.15, 0.2) is 5.82 Å². The van der Waals surface area contributed by atoms with E-state index in [0.29, 0.717) is 29.7 Å². The molecule has 1 heterocycles. The van der Waals surface area contributed by atoms with Crippen molar-refractivity contribution in [2.45, 2.75) is 0 Å². The molecular formula is C12H21N5O3S2. The number of nitrogens with zero attached hydrogens (tertiary/aromatic N) is 3. The molecule has 0 bridgehead atoms. The van der Waals surface area contributed by atoms with Crippen molar-refractivity contribution in [3.05, 3.63) is 33.2 Å². The van der Waals surface area contributed by atoms with Gasteiger partial charge < -0.3 is 15.5 Å². The van der Waals surface area contributed by atoms with Crippen LogP contribution in [0.2, 0.25) is 0 Å². The van der Waals surface area contributed by atoms with Crippen molar-refractivity contribution in [1.82, 2.24) is 15.5 Å². The molecule has 2 N–H and O–H groups in total. The first kappa shape index (κ1) is 18.7. The van der Waals surface area contributed by atoms with Crippen LogP contribution < -0.4 is 10.6 Å². The summed E-state index contributed by atoms with van der Waals surface area (Å²) < 4.78 is 11.8. The van der Waals surface area contributed by atoms with E-state index in [0.717, 1.165) is 17.6 Å². The van der Waals surface area contributed by atoms with Gasteiger partial charge in [0.25, 0.3) is 6.20 Å². The third-order valence-corrected chi connectivity index (χ3v) is 4.67. The van der Waals surface area contributed by atoms with E-state index >= 15 is 0 Å². The van der Waals surface area contributed by atoms with E-state index in [-0.39, 0.29) is 0 Å². The van der Waals surface area contributed by atoms with Crippen LogP contribution in [-0.2, 0) is 10.8 Å². The van der Waals surface area contributed by atoms with Gasteiger partial charge in [-0.3, -0.25) is 10.1 Å². The lowest BCUT2D eigenvalue weighted by atomic mass is 10.5. The molecule has 0 aromatic heterocycles. The van der Waals surface area contributed by atoms with Crippen molar-refractivity contribution >= 4 is 27.6 Å². The minimum Gasteiger partial charge on any atom is -0.370 e. The Balaban J connectivity index is 2.28. The Labute approximate surface area is 136 Å². The van der Waals surface area contributed by atoms with E-state index in [1.165, 1.54) is 0 Å². The zero-order chi connectivity index (χ0) is 16.5. The Bertz CT molecular complexity index is 517. The average molecular weight is 347 g/mol. The lowest BCUT2D eigenvalue weighted by Crippen LogP contribution is -2.26. The molecule has 1 aliphatic heterocycles. The fraction of sp³-hybridized carbons (Fsp3) is 0.583. The minimum atomic E-state index is -1.11. The topological polar surface area (TPSA) is 99.9 Å². The van der Waals surface area contributed by atoms with Crippen LogP contribution in [0.5, 0.6) is 0 Å². The third kappa shape index (κ3) is 7.05. The third-order valence-electron chi connectivity index (χ3n) is 2.51. The molecule has 0 radical (unpaired) electrons. The fourth-order valence-electron chi connectivity index (χ4n) is 1.60. The van der Waals surface area contributed by atoms with Gasteiger partial charge in [-0.1, -0.05) is 0 Å². The maximum absolute atomic E-state index is 11.8. The molecule has 0 aromatic rings. The van der Waals surface area contributed by atoms with Crippen molar-refractivity contribution in [3.8, 4) is 0 Å². The molecule has 10 heteroatoms. The summed E-state index contributed by atoms with van der Waals surface area (Å²) in [6.07, 6.45) is 0.894. The van der Waals surface area contributed by atoms with Crippen molar-refractivity contribution in [2.24, 2.45) is 4.99 Å². The van der Waals surface area contributed by atoms with Gasteiger partial charge in [-0.05, 0) is 14.1 Å². The molecule has 1 rings (SSSR count). The first-order valence-electron chi connectivity index (χ1n) is 6.60. The quantitative estimate of drug-likeness (QED) is 0.330. The van der Waals surface area contributed by atoms with E-state index in [9.17, 15) is 14.3 Å². The zero-order valence-corrected chi connectivity index (χ0v) is 14.5. The second-order valence-corrected chi connectivity index (χ2v) is 7.11. The number of nitrogens with one attached hydrogen (secondary N) is 2. The SMILES string of the molecule is CN/C(=C\[N+](=O)[O-])NCCSCC1=CS(=O)C(CN(C)C)=N1. The standard InChI is InChI=1S/C12H21N5O3S2/c1-13-11(6-17(18)19)14-4-5-21-8-10-9-22(20)12(15-10)7-16(2)3/h6,9,13-14H,4-5,7-8H2,1-3H3/b11-6+. The Hall–Kier alpha value is -1.39. The van der Waals surface area contributed by atoms with Gasteiger partial charge in [0, 0.05) is 37.1 Å². The molecule has 0 aliphatic carbocycles. The summed E-state index contributed by atoms with van der Waals surface area (Å²) in [7, 11) is 4.33. The highest BCUT2D eigenvalue weighted by Crippen LogP contribution is 2.16. The largest absolute Gasteiger partial charge is 0.370 e. The second-order valence-electron chi connectivity index (χ2n) is 4.71. The van der Waals surface area contributed by atoms with Crippen LogP contribution in [0.4, 0.5) is 0 Å². The molecule has 0 spiro atoms. The number of nitro groups is 1. The van der Waals surface area contributed by atoms with Crippen molar-refractivity contribution in [1.29, 1.82) is 0 Å². The smallest absolute Gasteiger partial charge is 0.274 e. The highest BCUT2D eigenvalue weighted by atomic mass is 32.2. The van der Waals surface area contributed by atoms with Gasteiger partial charge in [-0.2, -0.15) is 11.8 Å². The number of aliphatic imine (C=N–C) groups is 1. The summed E-state index contributed by atoms with van der Waals surface area (Å²) in [6, 6.07) is 0. The Morgan fingerprint density at radius 2 is 2.32 bits per heavy atom. The van der Waals surface area contributed by atoms with Crippen molar-refractivity contribution in [3.63, 3.8) is 0 Å². The predicted octanol–water partition coefficient (Wildman–Crippen LogP) is 0.168. The lowest BCUT2D eigenvalue weighted by Gasteiger charge is -2.08. The number of hydrogen-bond donors (Lipinski definition) is 2. The molecule has 1 atom stereocenters. The van der Waals surface area contributed by atoms with Crippen LogP contribution in [0.1, 0.15) is 0 Å². The lowest BCUT2D eigenvalue weighted by molar-refractivity contribution is -0.404. The zero-order valence-electron chi connectivity index (χ0n) is 12.9. The summed E-state index contributed by atoms with van der Waals surface area (Å²) in [5, 5.41) is 18.4. The number of thioether (sulfide) groups is 1. The van der Waals surface area contributed by atoms with Crippen LogP contribution in [0, 0.1) is 10.1 Å². The monoisotopic (exact) mass is 347 g/mol. The molecule has 0 saturated carbocycles. The molecule has 8 nitrogen and oxygen atoms in total. The van der Waals surface area contributed by atoms with Crippen molar-refractivity contribution in [2.75, 3.05) is 45.7 Å². The molecule has 0 fully saturated rings. The van der Waals surface area contributed by atoms with Crippen LogP contribution in [-0.4, -0.2) is 64.8 Å². The van der Waals surface area contributed by atoms with Crippen LogP contribution >= 0.6 is 11.8 Å². The van der Waals surface area contributed by atoms with E-state index in [1.54, 1.807) is 24.2 Å². The predicted molar refractivity (Wildman–Crippen MR) is 91.7 cm³/mol. The van der Waals surface area contributed by atoms with Gasteiger partial charge in [0.05, 0.1) is 21.4 Å². The molecular weight excluding hydrogens is 326 g/mol. The highest BCUT2D eigenvalue weighted by molar-refractivity contribution is 8.03. The maximum atomic E-state index is 11.8. The van der Waals surface area contributed by atoms with Gasteiger partial charge in [0.2, 0.25) is 0 Å². The molecule has 0 saturated heterocycles. The van der Waals surface area contributed by atoms with Crippen LogP contribution in [0.15, 0.2) is 28.1 Å². The summed E-state index contributed by atoms with van der Waals surface area (Å²) in [5.74, 6) is 1.82. The van der Waals surface area contributed by atoms with Crippen LogP contribution in [0.25, 0.3) is 0 Å². The van der Waals surface area contributed by atoms with E-state index in [4.69, 9.17) is 0 Å². The van der Waals surface area contributed by atoms with Crippen molar-refractivity contribution < 1.29 is 9.13 Å². The normalized spacial score (nSPS) is 18.2. The van der Waals surface area contributed by atoms with E-state index in [1.807, 2.05) is 19.0 Å². The minimum absolute atomic E-state index is 0.373. The molecule has 22 heavy (non-hydrogen) atoms. The second kappa shape index (κ2) is 9.59. The van der Waals surface area contributed by atoms with Crippen LogP contribution in [0.3, 0.4) is 0 Å². The average Bonchev–Trinajstić information content (AvgIpc) is 2.76.